The number of aryl methyl sites for hydroxylation is 1. The molecule has 1 atom stereocenters. The zero-order valence-electron chi connectivity index (χ0n) is 11.2. The van der Waals surface area contributed by atoms with Crippen LogP contribution in [0.3, 0.4) is 0 Å². The number of ether oxygens (including phenoxy) is 1. The fraction of sp³-hybridized carbons (Fsp3) is 0.769. The molecule has 0 amide bonds. The van der Waals surface area contributed by atoms with Crippen LogP contribution in [-0.2, 0) is 11.3 Å². The Balaban J connectivity index is 1.77. The number of halogens is 1. The molecule has 1 aliphatic heterocycles. The van der Waals surface area contributed by atoms with Crippen molar-refractivity contribution in [1.82, 2.24) is 14.5 Å². The van der Waals surface area contributed by atoms with Gasteiger partial charge in [-0.1, -0.05) is 0 Å². The molecule has 0 radical (unpaired) electrons. The molecule has 0 spiro atoms. The second-order valence-electron chi connectivity index (χ2n) is 5.54. The lowest BCUT2D eigenvalue weighted by molar-refractivity contribution is -0.127. The van der Waals surface area contributed by atoms with Crippen molar-refractivity contribution in [3.05, 3.63) is 18.7 Å². The summed E-state index contributed by atoms with van der Waals surface area (Å²) < 4.78 is 8.03. The van der Waals surface area contributed by atoms with Gasteiger partial charge in [0.1, 0.15) is 0 Å². The van der Waals surface area contributed by atoms with Crippen LogP contribution >= 0.6 is 11.6 Å². The number of morpholine rings is 1. The highest BCUT2D eigenvalue weighted by molar-refractivity contribution is 6.18. The van der Waals surface area contributed by atoms with E-state index in [1.54, 1.807) is 0 Å². The quantitative estimate of drug-likeness (QED) is 0.768. The van der Waals surface area contributed by atoms with Crippen LogP contribution in [0.1, 0.15) is 20.3 Å². The summed E-state index contributed by atoms with van der Waals surface area (Å²) in [7, 11) is 0. The predicted molar refractivity (Wildman–Crippen MR) is 73.0 cm³/mol. The average Bonchev–Trinajstić information content (AvgIpc) is 2.80. The van der Waals surface area contributed by atoms with Crippen molar-refractivity contribution in [2.45, 2.75) is 38.5 Å². The van der Waals surface area contributed by atoms with Gasteiger partial charge in [-0.05, 0) is 20.3 Å². The molecule has 0 aliphatic carbocycles. The summed E-state index contributed by atoms with van der Waals surface area (Å²) in [6, 6.07) is 0. The summed E-state index contributed by atoms with van der Waals surface area (Å²) in [5.74, 6) is 0.571. The van der Waals surface area contributed by atoms with Crippen molar-refractivity contribution < 1.29 is 4.74 Å². The van der Waals surface area contributed by atoms with Gasteiger partial charge in [0, 0.05) is 44.5 Å². The summed E-state index contributed by atoms with van der Waals surface area (Å²) in [5.41, 5.74) is -0.0905. The Morgan fingerprint density at radius 1 is 1.44 bits per heavy atom. The molecule has 102 valence electrons. The van der Waals surface area contributed by atoms with E-state index in [0.29, 0.717) is 5.88 Å². The van der Waals surface area contributed by atoms with Gasteiger partial charge < -0.3 is 9.30 Å². The molecule has 18 heavy (non-hydrogen) atoms. The van der Waals surface area contributed by atoms with Crippen LogP contribution in [0, 0.1) is 0 Å². The van der Waals surface area contributed by atoms with Crippen LogP contribution in [0.25, 0.3) is 0 Å². The highest BCUT2D eigenvalue weighted by Gasteiger charge is 2.32. The lowest BCUT2D eigenvalue weighted by Crippen LogP contribution is -2.53. The van der Waals surface area contributed by atoms with Crippen LogP contribution in [0.15, 0.2) is 18.7 Å². The van der Waals surface area contributed by atoms with Crippen LogP contribution in [0.2, 0.25) is 0 Å². The van der Waals surface area contributed by atoms with Crippen molar-refractivity contribution in [3.63, 3.8) is 0 Å². The Kier molecular flexibility index (Phi) is 4.65. The second kappa shape index (κ2) is 6.04. The third kappa shape index (κ3) is 3.97. The molecule has 4 nitrogen and oxygen atoms in total. The monoisotopic (exact) mass is 271 g/mol. The fourth-order valence-electron chi connectivity index (χ4n) is 2.56. The summed E-state index contributed by atoms with van der Waals surface area (Å²) >= 11 is 5.92. The molecule has 1 aromatic heterocycles. The van der Waals surface area contributed by atoms with Crippen molar-refractivity contribution in [1.29, 1.82) is 0 Å². The number of nitrogens with zero attached hydrogens (tertiary/aromatic N) is 3. The van der Waals surface area contributed by atoms with Crippen LogP contribution in [-0.4, -0.2) is 51.7 Å². The predicted octanol–water partition coefficient (Wildman–Crippen LogP) is 1.99. The van der Waals surface area contributed by atoms with Crippen molar-refractivity contribution in [2.24, 2.45) is 0 Å². The Bertz CT molecular complexity index is 353. The van der Waals surface area contributed by atoms with E-state index in [9.17, 15) is 0 Å². The van der Waals surface area contributed by atoms with Gasteiger partial charge in [-0.25, -0.2) is 4.98 Å². The lowest BCUT2D eigenvalue weighted by Gasteiger charge is -2.42. The Labute approximate surface area is 114 Å². The summed E-state index contributed by atoms with van der Waals surface area (Å²) in [6.45, 7) is 8.28. The van der Waals surface area contributed by atoms with E-state index in [-0.39, 0.29) is 11.7 Å². The van der Waals surface area contributed by atoms with E-state index in [0.717, 1.165) is 32.6 Å². The van der Waals surface area contributed by atoms with Crippen molar-refractivity contribution in [3.8, 4) is 0 Å². The van der Waals surface area contributed by atoms with Gasteiger partial charge in [0.05, 0.1) is 18.0 Å². The van der Waals surface area contributed by atoms with E-state index in [1.807, 2.05) is 18.7 Å². The molecule has 0 N–H and O–H groups in total. The lowest BCUT2D eigenvalue weighted by atomic mass is 10.1. The van der Waals surface area contributed by atoms with Gasteiger partial charge in [0.15, 0.2) is 0 Å². The average molecular weight is 272 g/mol. The highest BCUT2D eigenvalue weighted by atomic mass is 35.5. The number of imidazole rings is 1. The molecule has 1 aromatic rings. The standard InChI is InChI=1S/C13H22ClN3O/c1-13(2)10-17(9-12(8-14)18-13)6-3-5-16-7-4-15-11-16/h4,7,11-12H,3,5-6,8-10H2,1-2H3. The number of aromatic nitrogens is 2. The van der Waals surface area contributed by atoms with E-state index in [2.05, 4.69) is 28.3 Å². The van der Waals surface area contributed by atoms with Gasteiger partial charge in [0.25, 0.3) is 0 Å². The number of rotatable bonds is 5. The zero-order valence-corrected chi connectivity index (χ0v) is 11.9. The minimum absolute atomic E-state index is 0.0905. The van der Waals surface area contributed by atoms with Gasteiger partial charge in [0.2, 0.25) is 0 Å². The molecular weight excluding hydrogens is 250 g/mol. The molecule has 0 saturated carbocycles. The van der Waals surface area contributed by atoms with E-state index in [1.165, 1.54) is 0 Å². The molecule has 2 heterocycles. The highest BCUT2D eigenvalue weighted by Crippen LogP contribution is 2.21. The first-order valence-corrected chi connectivity index (χ1v) is 7.04. The maximum atomic E-state index is 5.92. The Morgan fingerprint density at radius 3 is 2.94 bits per heavy atom. The molecule has 1 fully saturated rings. The minimum atomic E-state index is -0.0905. The molecule has 5 heteroatoms. The first kappa shape index (κ1) is 13.8. The normalized spacial score (nSPS) is 24.3. The molecule has 0 bridgehead atoms. The van der Waals surface area contributed by atoms with Crippen LogP contribution in [0.4, 0.5) is 0 Å². The zero-order chi connectivity index (χ0) is 13.0. The van der Waals surface area contributed by atoms with Crippen LogP contribution < -0.4 is 0 Å². The van der Waals surface area contributed by atoms with Crippen molar-refractivity contribution in [2.75, 3.05) is 25.5 Å². The molecule has 1 aliphatic rings. The first-order chi connectivity index (χ1) is 8.59. The molecular formula is C13H22ClN3O. The fourth-order valence-corrected chi connectivity index (χ4v) is 2.72. The van der Waals surface area contributed by atoms with E-state index >= 15 is 0 Å². The summed E-state index contributed by atoms with van der Waals surface area (Å²) in [4.78, 5) is 6.50. The van der Waals surface area contributed by atoms with Gasteiger partial charge >= 0.3 is 0 Å². The third-order valence-corrected chi connectivity index (χ3v) is 3.52. The maximum Gasteiger partial charge on any atom is 0.0945 e. The molecule has 0 aromatic carbocycles. The first-order valence-electron chi connectivity index (χ1n) is 6.51. The second-order valence-corrected chi connectivity index (χ2v) is 5.85. The topological polar surface area (TPSA) is 30.3 Å². The molecule has 1 unspecified atom stereocenters. The number of hydrogen-bond acceptors (Lipinski definition) is 3. The Hall–Kier alpha value is -0.580. The summed E-state index contributed by atoms with van der Waals surface area (Å²) in [5, 5.41) is 0. The van der Waals surface area contributed by atoms with E-state index in [4.69, 9.17) is 16.3 Å². The third-order valence-electron chi connectivity index (χ3n) is 3.17. The Morgan fingerprint density at radius 2 is 2.28 bits per heavy atom. The maximum absolute atomic E-state index is 5.92. The van der Waals surface area contributed by atoms with Crippen molar-refractivity contribution >= 4 is 11.6 Å². The minimum Gasteiger partial charge on any atom is -0.368 e. The summed E-state index contributed by atoms with van der Waals surface area (Å²) in [6.07, 6.45) is 6.97. The largest absolute Gasteiger partial charge is 0.368 e. The van der Waals surface area contributed by atoms with Gasteiger partial charge in [-0.3, -0.25) is 4.90 Å². The van der Waals surface area contributed by atoms with Crippen LogP contribution in [0.5, 0.6) is 0 Å². The van der Waals surface area contributed by atoms with Gasteiger partial charge in [-0.15, -0.1) is 11.6 Å². The number of alkyl halides is 1. The molecule has 1 saturated heterocycles. The number of hydrogen-bond donors (Lipinski definition) is 0. The van der Waals surface area contributed by atoms with E-state index < -0.39 is 0 Å². The SMILES string of the molecule is CC1(C)CN(CCCn2ccnc2)CC(CCl)O1. The molecule has 2 rings (SSSR count). The van der Waals surface area contributed by atoms with Gasteiger partial charge in [-0.2, -0.15) is 0 Å². The smallest absolute Gasteiger partial charge is 0.0945 e.